The molecule has 2 aromatic rings. The van der Waals surface area contributed by atoms with Crippen LogP contribution >= 0.6 is 11.8 Å². The topological polar surface area (TPSA) is 55.1 Å². The van der Waals surface area contributed by atoms with Gasteiger partial charge in [-0.2, -0.15) is 0 Å². The van der Waals surface area contributed by atoms with Crippen LogP contribution in [0.5, 0.6) is 0 Å². The molecule has 0 aliphatic rings. The van der Waals surface area contributed by atoms with Crippen molar-refractivity contribution >= 4 is 29.0 Å². The summed E-state index contributed by atoms with van der Waals surface area (Å²) in [6, 6.07) is 13.7. The first-order valence-corrected chi connectivity index (χ1v) is 7.74. The summed E-state index contributed by atoms with van der Waals surface area (Å²) in [6.45, 7) is 5.89. The van der Waals surface area contributed by atoms with E-state index in [1.807, 2.05) is 51.1 Å². The van der Waals surface area contributed by atoms with Crippen molar-refractivity contribution in [2.75, 3.05) is 11.1 Å². The lowest BCUT2D eigenvalue weighted by atomic mass is 10.2. The molecule has 0 aliphatic heterocycles. The Morgan fingerprint density at radius 3 is 2.62 bits per heavy atom. The molecular weight excluding hydrogens is 280 g/mol. The van der Waals surface area contributed by atoms with Gasteiger partial charge in [0.05, 0.1) is 5.25 Å². The van der Waals surface area contributed by atoms with Crippen LogP contribution in [0.15, 0.2) is 47.4 Å². The fourth-order valence-electron chi connectivity index (χ4n) is 2.01. The Hall–Kier alpha value is -1.94. The van der Waals surface area contributed by atoms with E-state index < -0.39 is 0 Å². The van der Waals surface area contributed by atoms with Crippen molar-refractivity contribution in [3.63, 3.8) is 0 Å². The SMILES string of the molecule is Cc1cccc(SC(C)C(=O)Nc2ccc(N)cc2C)c1. The highest BCUT2D eigenvalue weighted by Crippen LogP contribution is 2.25. The highest BCUT2D eigenvalue weighted by molar-refractivity contribution is 8.00. The number of carbonyl (C=O) groups is 1. The Kier molecular flexibility index (Phi) is 4.91. The van der Waals surface area contributed by atoms with Crippen molar-refractivity contribution in [3.8, 4) is 0 Å². The predicted molar refractivity (Wildman–Crippen MR) is 90.7 cm³/mol. The molecule has 2 rings (SSSR count). The third kappa shape index (κ3) is 4.26. The van der Waals surface area contributed by atoms with Crippen LogP contribution in [0.2, 0.25) is 0 Å². The second kappa shape index (κ2) is 6.68. The van der Waals surface area contributed by atoms with E-state index >= 15 is 0 Å². The number of nitrogens with one attached hydrogen (secondary N) is 1. The van der Waals surface area contributed by atoms with Crippen LogP contribution in [0.25, 0.3) is 0 Å². The maximum atomic E-state index is 12.3. The number of benzene rings is 2. The number of rotatable bonds is 4. The predicted octanol–water partition coefficient (Wildman–Crippen LogP) is 4.00. The van der Waals surface area contributed by atoms with E-state index in [2.05, 4.69) is 11.4 Å². The first kappa shape index (κ1) is 15.4. The number of nitrogen functional groups attached to an aromatic ring is 1. The largest absolute Gasteiger partial charge is 0.399 e. The molecule has 1 amide bonds. The normalized spacial score (nSPS) is 12.0. The van der Waals surface area contributed by atoms with Gasteiger partial charge < -0.3 is 11.1 Å². The summed E-state index contributed by atoms with van der Waals surface area (Å²) in [7, 11) is 0. The smallest absolute Gasteiger partial charge is 0.237 e. The molecule has 21 heavy (non-hydrogen) atoms. The highest BCUT2D eigenvalue weighted by atomic mass is 32.2. The van der Waals surface area contributed by atoms with E-state index in [4.69, 9.17) is 5.73 Å². The van der Waals surface area contributed by atoms with Gasteiger partial charge in [-0.15, -0.1) is 11.8 Å². The number of aryl methyl sites for hydroxylation is 2. The maximum Gasteiger partial charge on any atom is 0.237 e. The summed E-state index contributed by atoms with van der Waals surface area (Å²) in [6.07, 6.45) is 0. The lowest BCUT2D eigenvalue weighted by Crippen LogP contribution is -2.22. The van der Waals surface area contributed by atoms with Crippen LogP contribution in [0.1, 0.15) is 18.1 Å². The summed E-state index contributed by atoms with van der Waals surface area (Å²) >= 11 is 1.56. The summed E-state index contributed by atoms with van der Waals surface area (Å²) in [5.74, 6) is -0.00521. The van der Waals surface area contributed by atoms with E-state index in [1.165, 1.54) is 5.56 Å². The molecule has 0 radical (unpaired) electrons. The first-order chi connectivity index (χ1) is 9.95. The Balaban J connectivity index is 2.02. The molecule has 0 spiro atoms. The van der Waals surface area contributed by atoms with Crippen LogP contribution in [0.4, 0.5) is 11.4 Å². The van der Waals surface area contributed by atoms with Gasteiger partial charge >= 0.3 is 0 Å². The average molecular weight is 300 g/mol. The van der Waals surface area contributed by atoms with E-state index in [-0.39, 0.29) is 11.2 Å². The minimum absolute atomic E-state index is 0.00521. The third-order valence-corrected chi connectivity index (χ3v) is 4.27. The average Bonchev–Trinajstić information content (AvgIpc) is 2.41. The quantitative estimate of drug-likeness (QED) is 0.662. The van der Waals surface area contributed by atoms with E-state index in [1.54, 1.807) is 17.8 Å². The Morgan fingerprint density at radius 1 is 1.19 bits per heavy atom. The molecule has 0 aromatic heterocycles. The minimum Gasteiger partial charge on any atom is -0.399 e. The standard InChI is InChI=1S/C17H20N2OS/c1-11-5-4-6-15(9-11)21-13(3)17(20)19-16-8-7-14(18)10-12(16)2/h4-10,13H,18H2,1-3H3,(H,19,20). The molecule has 2 aromatic carbocycles. The van der Waals surface area contributed by atoms with Crippen LogP contribution in [0, 0.1) is 13.8 Å². The van der Waals surface area contributed by atoms with Gasteiger partial charge in [0.1, 0.15) is 0 Å². The van der Waals surface area contributed by atoms with Crippen LogP contribution in [0.3, 0.4) is 0 Å². The van der Waals surface area contributed by atoms with E-state index in [0.29, 0.717) is 5.69 Å². The number of thioether (sulfide) groups is 1. The number of hydrogen-bond acceptors (Lipinski definition) is 3. The maximum absolute atomic E-state index is 12.3. The first-order valence-electron chi connectivity index (χ1n) is 6.86. The highest BCUT2D eigenvalue weighted by Gasteiger charge is 2.15. The molecule has 110 valence electrons. The van der Waals surface area contributed by atoms with Gasteiger partial charge in [0.15, 0.2) is 0 Å². The number of amides is 1. The van der Waals surface area contributed by atoms with Gasteiger partial charge in [-0.25, -0.2) is 0 Å². The summed E-state index contributed by atoms with van der Waals surface area (Å²) in [5.41, 5.74) is 9.40. The second-order valence-corrected chi connectivity index (χ2v) is 6.55. The van der Waals surface area contributed by atoms with Crippen LogP contribution in [-0.2, 0) is 4.79 Å². The van der Waals surface area contributed by atoms with Gasteiger partial charge in [-0.1, -0.05) is 17.7 Å². The van der Waals surface area contributed by atoms with Crippen molar-refractivity contribution < 1.29 is 4.79 Å². The molecule has 4 heteroatoms. The second-order valence-electron chi connectivity index (χ2n) is 5.14. The summed E-state index contributed by atoms with van der Waals surface area (Å²) in [4.78, 5) is 13.4. The van der Waals surface area contributed by atoms with Gasteiger partial charge in [0, 0.05) is 16.3 Å². The lowest BCUT2D eigenvalue weighted by molar-refractivity contribution is -0.115. The molecule has 3 nitrogen and oxygen atoms in total. The van der Waals surface area contributed by atoms with Crippen molar-refractivity contribution in [1.82, 2.24) is 0 Å². The van der Waals surface area contributed by atoms with Crippen LogP contribution in [-0.4, -0.2) is 11.2 Å². The monoisotopic (exact) mass is 300 g/mol. The number of carbonyl (C=O) groups excluding carboxylic acids is 1. The summed E-state index contributed by atoms with van der Waals surface area (Å²) in [5, 5.41) is 2.79. The Labute approximate surface area is 129 Å². The van der Waals surface area contributed by atoms with Crippen molar-refractivity contribution in [1.29, 1.82) is 0 Å². The molecule has 0 aliphatic carbocycles. The Bertz CT molecular complexity index is 655. The molecule has 0 saturated heterocycles. The molecule has 0 saturated carbocycles. The molecular formula is C17H20N2OS. The van der Waals surface area contributed by atoms with Gasteiger partial charge in [-0.3, -0.25) is 4.79 Å². The molecule has 0 fully saturated rings. The molecule has 0 bridgehead atoms. The van der Waals surface area contributed by atoms with Gasteiger partial charge in [-0.05, 0) is 56.7 Å². The zero-order valence-electron chi connectivity index (χ0n) is 12.5. The fraction of sp³-hybridized carbons (Fsp3) is 0.235. The molecule has 1 atom stereocenters. The zero-order chi connectivity index (χ0) is 15.4. The number of nitrogens with two attached hydrogens (primary N) is 1. The number of anilines is 2. The minimum atomic E-state index is -0.163. The van der Waals surface area contributed by atoms with Crippen molar-refractivity contribution in [2.45, 2.75) is 30.9 Å². The summed E-state index contributed by atoms with van der Waals surface area (Å²) < 4.78 is 0. The lowest BCUT2D eigenvalue weighted by Gasteiger charge is -2.14. The zero-order valence-corrected chi connectivity index (χ0v) is 13.3. The Morgan fingerprint density at radius 2 is 1.95 bits per heavy atom. The number of hydrogen-bond donors (Lipinski definition) is 2. The molecule has 1 unspecified atom stereocenters. The van der Waals surface area contributed by atoms with Gasteiger partial charge in [0.2, 0.25) is 5.91 Å². The van der Waals surface area contributed by atoms with Crippen LogP contribution < -0.4 is 11.1 Å². The van der Waals surface area contributed by atoms with E-state index in [9.17, 15) is 4.79 Å². The molecule has 0 heterocycles. The van der Waals surface area contributed by atoms with Gasteiger partial charge in [0.25, 0.3) is 0 Å². The van der Waals surface area contributed by atoms with E-state index in [0.717, 1.165) is 16.1 Å². The van der Waals surface area contributed by atoms with Crippen molar-refractivity contribution in [2.24, 2.45) is 0 Å². The molecule has 3 N–H and O–H groups in total. The fourth-order valence-corrected chi connectivity index (χ4v) is 2.99. The third-order valence-electron chi connectivity index (χ3n) is 3.18. The van der Waals surface area contributed by atoms with Crippen molar-refractivity contribution in [3.05, 3.63) is 53.6 Å².